The summed E-state index contributed by atoms with van der Waals surface area (Å²) in [5, 5.41) is 10.0. The fraction of sp³-hybridized carbons (Fsp3) is 0.0588. The molecule has 23 heavy (non-hydrogen) atoms. The molecule has 1 N–H and O–H groups in total. The largest absolute Gasteiger partial charge is 0.478 e. The molecular formula is C17H12BrN3O2. The Morgan fingerprint density at radius 2 is 2.00 bits per heavy atom. The first-order valence-corrected chi connectivity index (χ1v) is 7.63. The molecule has 0 aliphatic carbocycles. The van der Waals surface area contributed by atoms with Crippen molar-refractivity contribution in [3.8, 4) is 0 Å². The summed E-state index contributed by atoms with van der Waals surface area (Å²) in [7, 11) is 0. The number of fused-ring (bicyclic) bond motifs is 1. The smallest absolute Gasteiger partial charge is 0.336 e. The number of aryl methyl sites for hydroxylation is 1. The summed E-state index contributed by atoms with van der Waals surface area (Å²) >= 11 is 3.38. The fourth-order valence-electron chi connectivity index (χ4n) is 2.19. The first-order valence-electron chi connectivity index (χ1n) is 6.84. The van der Waals surface area contributed by atoms with E-state index in [-0.39, 0.29) is 5.56 Å². The second-order valence-electron chi connectivity index (χ2n) is 4.95. The number of carboxylic acid groups (broad SMARTS) is 1. The lowest BCUT2D eigenvalue weighted by atomic mass is 10.1. The third kappa shape index (κ3) is 3.43. The quantitative estimate of drug-likeness (QED) is 0.755. The van der Waals surface area contributed by atoms with Gasteiger partial charge in [0.1, 0.15) is 0 Å². The summed E-state index contributed by atoms with van der Waals surface area (Å²) in [6, 6.07) is 8.69. The standard InChI is InChI=1S/C17H12BrN3O2/c1-10-6-7-19-16(20-10)5-3-12-9-14(17(22)23)13-4-2-11(18)8-15(13)21-12/h2-9H,1H3,(H,22,23)/b5-3+. The Bertz CT molecular complexity index is 938. The number of aromatic carboxylic acids is 1. The topological polar surface area (TPSA) is 76.0 Å². The molecule has 0 spiro atoms. The van der Waals surface area contributed by atoms with Crippen LogP contribution in [0.4, 0.5) is 0 Å². The van der Waals surface area contributed by atoms with Crippen LogP contribution in [0.3, 0.4) is 0 Å². The van der Waals surface area contributed by atoms with Crippen molar-refractivity contribution < 1.29 is 9.90 Å². The lowest BCUT2D eigenvalue weighted by Crippen LogP contribution is -2.00. The fourth-order valence-corrected chi connectivity index (χ4v) is 2.54. The van der Waals surface area contributed by atoms with Crippen LogP contribution >= 0.6 is 15.9 Å². The van der Waals surface area contributed by atoms with Crippen molar-refractivity contribution in [2.75, 3.05) is 0 Å². The SMILES string of the molecule is Cc1ccnc(/C=C/c2cc(C(=O)O)c3ccc(Br)cc3n2)n1. The van der Waals surface area contributed by atoms with Gasteiger partial charge in [0.15, 0.2) is 5.82 Å². The molecule has 0 saturated carbocycles. The molecule has 0 fully saturated rings. The molecule has 0 amide bonds. The highest BCUT2D eigenvalue weighted by Gasteiger charge is 2.11. The zero-order valence-corrected chi connectivity index (χ0v) is 13.8. The van der Waals surface area contributed by atoms with Gasteiger partial charge in [-0.05, 0) is 43.3 Å². The Morgan fingerprint density at radius 1 is 1.17 bits per heavy atom. The number of hydrogen-bond donors (Lipinski definition) is 1. The van der Waals surface area contributed by atoms with E-state index in [4.69, 9.17) is 0 Å². The average Bonchev–Trinajstić information content (AvgIpc) is 2.51. The Kier molecular flexibility index (Phi) is 4.16. The van der Waals surface area contributed by atoms with Gasteiger partial charge >= 0.3 is 5.97 Å². The van der Waals surface area contributed by atoms with Crippen LogP contribution in [0.1, 0.15) is 27.6 Å². The molecule has 0 aliphatic heterocycles. The van der Waals surface area contributed by atoms with Gasteiger partial charge in [-0.2, -0.15) is 0 Å². The number of benzene rings is 1. The van der Waals surface area contributed by atoms with Crippen LogP contribution in [0.2, 0.25) is 0 Å². The van der Waals surface area contributed by atoms with Crippen molar-refractivity contribution in [3.63, 3.8) is 0 Å². The zero-order valence-electron chi connectivity index (χ0n) is 12.2. The molecule has 114 valence electrons. The van der Waals surface area contributed by atoms with Crippen molar-refractivity contribution >= 4 is 45.0 Å². The zero-order chi connectivity index (χ0) is 16.4. The predicted octanol–water partition coefficient (Wildman–Crippen LogP) is 3.96. The summed E-state index contributed by atoms with van der Waals surface area (Å²) in [4.78, 5) is 24.4. The molecule has 0 radical (unpaired) electrons. The van der Waals surface area contributed by atoms with E-state index in [2.05, 4.69) is 30.9 Å². The minimum Gasteiger partial charge on any atom is -0.478 e. The van der Waals surface area contributed by atoms with Crippen LogP contribution in [0, 0.1) is 6.92 Å². The number of halogens is 1. The van der Waals surface area contributed by atoms with E-state index in [1.807, 2.05) is 13.0 Å². The second kappa shape index (κ2) is 6.26. The summed E-state index contributed by atoms with van der Waals surface area (Å²) < 4.78 is 0.844. The maximum absolute atomic E-state index is 11.5. The number of aromatic nitrogens is 3. The van der Waals surface area contributed by atoms with Crippen LogP contribution in [0.15, 0.2) is 41.0 Å². The maximum atomic E-state index is 11.5. The maximum Gasteiger partial charge on any atom is 0.336 e. The molecule has 6 heteroatoms. The van der Waals surface area contributed by atoms with Crippen molar-refractivity contribution in [1.29, 1.82) is 0 Å². The molecule has 5 nitrogen and oxygen atoms in total. The number of rotatable bonds is 3. The monoisotopic (exact) mass is 369 g/mol. The van der Waals surface area contributed by atoms with E-state index in [1.54, 1.807) is 42.6 Å². The Hall–Kier alpha value is -2.60. The van der Waals surface area contributed by atoms with Gasteiger partial charge in [0.05, 0.1) is 16.8 Å². The van der Waals surface area contributed by atoms with Gasteiger partial charge in [0.2, 0.25) is 0 Å². The lowest BCUT2D eigenvalue weighted by molar-refractivity contribution is 0.0699. The molecule has 0 bridgehead atoms. The van der Waals surface area contributed by atoms with E-state index >= 15 is 0 Å². The van der Waals surface area contributed by atoms with Gasteiger partial charge in [0, 0.05) is 21.7 Å². The molecule has 3 rings (SSSR count). The molecule has 2 heterocycles. The third-order valence-corrected chi connectivity index (χ3v) is 3.73. The third-order valence-electron chi connectivity index (χ3n) is 3.24. The van der Waals surface area contributed by atoms with E-state index < -0.39 is 5.97 Å². The number of nitrogens with zero attached hydrogens (tertiary/aromatic N) is 3. The van der Waals surface area contributed by atoms with Crippen molar-refractivity contribution in [3.05, 3.63) is 63.8 Å². The minimum absolute atomic E-state index is 0.215. The Balaban J connectivity index is 2.09. The summed E-state index contributed by atoms with van der Waals surface area (Å²) in [6.07, 6.45) is 5.10. The molecule has 3 aromatic rings. The van der Waals surface area contributed by atoms with E-state index in [0.717, 1.165) is 10.2 Å². The Labute approximate surface area is 140 Å². The summed E-state index contributed by atoms with van der Waals surface area (Å²) in [5.74, 6) is -0.431. The van der Waals surface area contributed by atoms with Crippen LogP contribution in [0.5, 0.6) is 0 Å². The summed E-state index contributed by atoms with van der Waals surface area (Å²) in [6.45, 7) is 1.88. The molecular weight excluding hydrogens is 358 g/mol. The van der Waals surface area contributed by atoms with E-state index in [1.165, 1.54) is 0 Å². The van der Waals surface area contributed by atoms with Crippen molar-refractivity contribution in [2.45, 2.75) is 6.92 Å². The molecule has 2 aromatic heterocycles. The normalized spacial score (nSPS) is 11.2. The van der Waals surface area contributed by atoms with Crippen LogP contribution in [0.25, 0.3) is 23.1 Å². The molecule has 0 unspecified atom stereocenters. The van der Waals surface area contributed by atoms with E-state index in [0.29, 0.717) is 22.4 Å². The van der Waals surface area contributed by atoms with Crippen LogP contribution in [-0.2, 0) is 0 Å². The van der Waals surface area contributed by atoms with Gasteiger partial charge < -0.3 is 5.11 Å². The van der Waals surface area contributed by atoms with E-state index in [9.17, 15) is 9.90 Å². The van der Waals surface area contributed by atoms with Crippen molar-refractivity contribution in [2.24, 2.45) is 0 Å². The Morgan fingerprint density at radius 3 is 2.74 bits per heavy atom. The number of hydrogen-bond acceptors (Lipinski definition) is 4. The highest BCUT2D eigenvalue weighted by Crippen LogP contribution is 2.23. The minimum atomic E-state index is -0.985. The number of carbonyl (C=O) groups is 1. The van der Waals surface area contributed by atoms with Crippen LogP contribution < -0.4 is 0 Å². The molecule has 0 saturated heterocycles. The first-order chi connectivity index (χ1) is 11.0. The van der Waals surface area contributed by atoms with Crippen LogP contribution in [-0.4, -0.2) is 26.0 Å². The first kappa shape index (κ1) is 15.3. The van der Waals surface area contributed by atoms with Crippen molar-refractivity contribution in [1.82, 2.24) is 15.0 Å². The van der Waals surface area contributed by atoms with Gasteiger partial charge in [-0.15, -0.1) is 0 Å². The predicted molar refractivity (Wildman–Crippen MR) is 92.1 cm³/mol. The lowest BCUT2D eigenvalue weighted by Gasteiger charge is -2.05. The van der Waals surface area contributed by atoms with Gasteiger partial charge in [-0.3, -0.25) is 0 Å². The highest BCUT2D eigenvalue weighted by atomic mass is 79.9. The molecule has 0 atom stereocenters. The number of pyridine rings is 1. The number of carboxylic acids is 1. The van der Waals surface area contributed by atoms with Gasteiger partial charge in [0.25, 0.3) is 0 Å². The molecule has 0 aliphatic rings. The summed E-state index contributed by atoms with van der Waals surface area (Å²) in [5.41, 5.74) is 2.23. The van der Waals surface area contributed by atoms with Gasteiger partial charge in [-0.25, -0.2) is 19.7 Å². The molecule has 1 aromatic carbocycles. The van der Waals surface area contributed by atoms with Gasteiger partial charge in [-0.1, -0.05) is 22.0 Å². The highest BCUT2D eigenvalue weighted by molar-refractivity contribution is 9.10. The average molecular weight is 370 g/mol. The second-order valence-corrected chi connectivity index (χ2v) is 5.87.